The number of anilines is 1. The van der Waals surface area contributed by atoms with Crippen LogP contribution in [0.25, 0.3) is 0 Å². The third-order valence-corrected chi connectivity index (χ3v) is 5.48. The minimum atomic E-state index is -1.04. The number of hydrogen-bond donors (Lipinski definition) is 7. The van der Waals surface area contributed by atoms with Gasteiger partial charge in [-0.3, -0.25) is 19.6 Å². The first-order valence-corrected chi connectivity index (χ1v) is 11.4. The van der Waals surface area contributed by atoms with Gasteiger partial charge in [0.25, 0.3) is 11.8 Å². The number of nitrogens with one attached hydrogen (secondary N) is 5. The van der Waals surface area contributed by atoms with Gasteiger partial charge < -0.3 is 27.0 Å². The number of amides is 3. The van der Waals surface area contributed by atoms with Gasteiger partial charge in [0, 0.05) is 41.5 Å². The maximum Gasteiger partial charge on any atom is 0.267 e. The number of carbonyl (C=O) groups is 3. The molecule has 1 saturated heterocycles. The van der Waals surface area contributed by atoms with Crippen LogP contribution in [0.5, 0.6) is 0 Å². The zero-order valence-electron chi connectivity index (χ0n) is 19.3. The Labute approximate surface area is 211 Å². The molecule has 192 valence electrons. The molecule has 2 aromatic rings. The second-order valence-electron chi connectivity index (χ2n) is 8.11. The first-order valence-electron chi connectivity index (χ1n) is 11.4. The third-order valence-electron chi connectivity index (χ3n) is 5.48. The van der Waals surface area contributed by atoms with Crippen molar-refractivity contribution in [2.45, 2.75) is 32.4 Å². The van der Waals surface area contributed by atoms with Crippen molar-refractivity contribution in [3.8, 4) is 11.8 Å². The van der Waals surface area contributed by atoms with Crippen molar-refractivity contribution >= 4 is 23.4 Å². The predicted octanol–water partition coefficient (Wildman–Crippen LogP) is 0.565. The van der Waals surface area contributed by atoms with E-state index in [1.165, 1.54) is 5.48 Å². The molecular weight excluding hydrogens is 460 g/mol. The highest BCUT2D eigenvalue weighted by Crippen LogP contribution is 2.10. The van der Waals surface area contributed by atoms with Gasteiger partial charge in [-0.25, -0.2) is 5.48 Å². The SMILES string of the molecule is C.NC[C@H](NC(=O)c1ccc(C#Cc2ccc(NC(=O)CNC3CCCNC3)cc2)cc1)C(=O)NO. The van der Waals surface area contributed by atoms with Crippen molar-refractivity contribution in [2.75, 3.05) is 31.5 Å². The quantitative estimate of drug-likeness (QED) is 0.161. The molecule has 10 nitrogen and oxygen atoms in total. The van der Waals surface area contributed by atoms with Gasteiger partial charge in [0.05, 0.1) is 6.54 Å². The molecule has 8 N–H and O–H groups in total. The molecule has 1 heterocycles. The van der Waals surface area contributed by atoms with Crippen LogP contribution in [0.1, 0.15) is 41.8 Å². The highest BCUT2D eigenvalue weighted by molar-refractivity contribution is 5.97. The zero-order valence-corrected chi connectivity index (χ0v) is 19.3. The van der Waals surface area contributed by atoms with Gasteiger partial charge in [-0.1, -0.05) is 19.3 Å². The summed E-state index contributed by atoms with van der Waals surface area (Å²) in [6.45, 7) is 2.03. The monoisotopic (exact) mass is 494 g/mol. The fourth-order valence-corrected chi connectivity index (χ4v) is 3.51. The molecule has 10 heteroatoms. The van der Waals surface area contributed by atoms with E-state index in [9.17, 15) is 14.4 Å². The molecule has 0 bridgehead atoms. The fraction of sp³-hybridized carbons (Fsp3) is 0.346. The van der Waals surface area contributed by atoms with Crippen LogP contribution < -0.4 is 32.5 Å². The van der Waals surface area contributed by atoms with Crippen molar-refractivity contribution < 1.29 is 19.6 Å². The van der Waals surface area contributed by atoms with Crippen LogP contribution in [0.4, 0.5) is 5.69 Å². The predicted molar refractivity (Wildman–Crippen MR) is 138 cm³/mol. The molecule has 1 unspecified atom stereocenters. The van der Waals surface area contributed by atoms with Crippen molar-refractivity contribution in [1.82, 2.24) is 21.4 Å². The van der Waals surface area contributed by atoms with Gasteiger partial charge >= 0.3 is 0 Å². The topological polar surface area (TPSA) is 158 Å². The van der Waals surface area contributed by atoms with Crippen LogP contribution in [0.15, 0.2) is 48.5 Å². The van der Waals surface area contributed by atoms with Crippen molar-refractivity contribution in [3.63, 3.8) is 0 Å². The molecule has 2 aromatic carbocycles. The largest absolute Gasteiger partial charge is 0.339 e. The summed E-state index contributed by atoms with van der Waals surface area (Å²) in [5.41, 5.74) is 9.41. The lowest BCUT2D eigenvalue weighted by atomic mass is 10.1. The molecule has 0 aromatic heterocycles. The fourth-order valence-electron chi connectivity index (χ4n) is 3.51. The lowest BCUT2D eigenvalue weighted by Crippen LogP contribution is -2.50. The van der Waals surface area contributed by atoms with Gasteiger partial charge in [0.1, 0.15) is 6.04 Å². The van der Waals surface area contributed by atoms with E-state index >= 15 is 0 Å². The zero-order chi connectivity index (χ0) is 25.0. The van der Waals surface area contributed by atoms with Gasteiger partial charge in [-0.2, -0.15) is 0 Å². The maximum absolute atomic E-state index is 12.3. The van der Waals surface area contributed by atoms with E-state index in [1.807, 2.05) is 12.1 Å². The minimum Gasteiger partial charge on any atom is -0.339 e. The molecule has 3 amide bonds. The summed E-state index contributed by atoms with van der Waals surface area (Å²) in [7, 11) is 0. The summed E-state index contributed by atoms with van der Waals surface area (Å²) >= 11 is 0. The molecule has 1 fully saturated rings. The molecule has 0 radical (unpaired) electrons. The third kappa shape index (κ3) is 8.79. The van der Waals surface area contributed by atoms with Crippen LogP contribution in [-0.4, -0.2) is 61.2 Å². The number of carbonyl (C=O) groups excluding carboxylic acids is 3. The Balaban J connectivity index is 0.00000456. The van der Waals surface area contributed by atoms with Crippen LogP contribution in [0, 0.1) is 11.8 Å². The average Bonchev–Trinajstić information content (AvgIpc) is 2.90. The van der Waals surface area contributed by atoms with E-state index in [0.717, 1.165) is 31.5 Å². The van der Waals surface area contributed by atoms with E-state index in [2.05, 4.69) is 33.1 Å². The highest BCUT2D eigenvalue weighted by atomic mass is 16.5. The summed E-state index contributed by atoms with van der Waals surface area (Å²) in [6.07, 6.45) is 2.18. The first-order chi connectivity index (χ1) is 17.0. The lowest BCUT2D eigenvalue weighted by Gasteiger charge is -2.23. The standard InChI is InChI=1S/C25H30N6O4.CH4/c26-14-22(25(34)31-35)30-24(33)19-9-5-17(6-10-19)3-4-18-7-11-20(12-8-18)29-23(32)16-28-21-2-1-13-27-15-21;/h5-12,21-22,27-28,35H,1-2,13-16,26H2,(H,29,32)(H,30,33)(H,31,34);1H4/t21?,22-;/m0./s1. The number of rotatable bonds is 8. The van der Waals surface area contributed by atoms with E-state index in [4.69, 9.17) is 10.9 Å². The Hall–Kier alpha value is -3.75. The second-order valence-corrected chi connectivity index (χ2v) is 8.11. The van der Waals surface area contributed by atoms with Gasteiger partial charge in [0.15, 0.2) is 0 Å². The van der Waals surface area contributed by atoms with Gasteiger partial charge in [-0.05, 0) is 67.9 Å². The summed E-state index contributed by atoms with van der Waals surface area (Å²) in [5.74, 6) is 4.69. The highest BCUT2D eigenvalue weighted by Gasteiger charge is 2.19. The first kappa shape index (κ1) is 28.5. The molecule has 1 aliphatic heterocycles. The van der Waals surface area contributed by atoms with Crippen LogP contribution in [-0.2, 0) is 9.59 Å². The second kappa shape index (κ2) is 14.6. The minimum absolute atomic E-state index is 0. The lowest BCUT2D eigenvalue weighted by molar-refractivity contribution is -0.130. The van der Waals surface area contributed by atoms with E-state index < -0.39 is 17.9 Å². The van der Waals surface area contributed by atoms with Crippen LogP contribution in [0.3, 0.4) is 0 Å². The number of hydroxylamine groups is 1. The Morgan fingerprint density at radius 2 is 1.69 bits per heavy atom. The van der Waals surface area contributed by atoms with Crippen LogP contribution >= 0.6 is 0 Å². The Bertz CT molecular complexity index is 1070. The number of piperidine rings is 1. The average molecular weight is 495 g/mol. The van der Waals surface area contributed by atoms with Crippen LogP contribution in [0.2, 0.25) is 0 Å². The molecule has 0 aliphatic carbocycles. The molecule has 1 aliphatic rings. The van der Waals surface area contributed by atoms with E-state index in [0.29, 0.717) is 22.9 Å². The van der Waals surface area contributed by atoms with Crippen molar-refractivity contribution in [1.29, 1.82) is 0 Å². The Morgan fingerprint density at radius 3 is 2.25 bits per heavy atom. The smallest absolute Gasteiger partial charge is 0.267 e. The summed E-state index contributed by atoms with van der Waals surface area (Å²) < 4.78 is 0. The number of benzene rings is 2. The summed E-state index contributed by atoms with van der Waals surface area (Å²) in [4.78, 5) is 35.9. The maximum atomic E-state index is 12.3. The number of nitrogens with two attached hydrogens (primary N) is 1. The molecule has 2 atom stereocenters. The van der Waals surface area contributed by atoms with E-state index in [1.54, 1.807) is 36.4 Å². The van der Waals surface area contributed by atoms with E-state index in [-0.39, 0.29) is 26.4 Å². The molecule has 36 heavy (non-hydrogen) atoms. The normalized spacial score (nSPS) is 15.3. The van der Waals surface area contributed by atoms with Gasteiger partial charge in [-0.15, -0.1) is 0 Å². The summed E-state index contributed by atoms with van der Waals surface area (Å²) in [6, 6.07) is 13.1. The van der Waals surface area contributed by atoms with Gasteiger partial charge in [0.2, 0.25) is 5.91 Å². The molecule has 0 saturated carbocycles. The molecular formula is C26H34N6O4. The van der Waals surface area contributed by atoms with Crippen molar-refractivity contribution in [3.05, 3.63) is 65.2 Å². The molecule has 0 spiro atoms. The summed E-state index contributed by atoms with van der Waals surface area (Å²) in [5, 5.41) is 20.6. The molecule has 3 rings (SSSR count). The van der Waals surface area contributed by atoms with Crippen molar-refractivity contribution in [2.24, 2.45) is 5.73 Å². The Kier molecular flexibility index (Phi) is 11.6. The number of hydrogen-bond acceptors (Lipinski definition) is 7. The Morgan fingerprint density at radius 1 is 1.06 bits per heavy atom.